The second kappa shape index (κ2) is 2.83. The van der Waals surface area contributed by atoms with Crippen LogP contribution in [0.25, 0.3) is 0 Å². The fourth-order valence-electron chi connectivity index (χ4n) is 0.540. The summed E-state index contributed by atoms with van der Waals surface area (Å²) in [5, 5.41) is 11.8. The fraction of sp³-hybridized carbons (Fsp3) is 0.600. The molecule has 0 amide bonds. The van der Waals surface area contributed by atoms with Crippen LogP contribution in [0.1, 0.15) is 13.8 Å². The molecule has 0 aliphatic rings. The molecule has 1 heterocycles. The van der Waals surface area contributed by atoms with Crippen LogP contribution in [0.2, 0.25) is 0 Å². The van der Waals surface area contributed by atoms with Gasteiger partial charge in [-0.15, -0.1) is 10.2 Å². The number of nitrogens with one attached hydrogen (secondary N) is 1. The molecule has 0 saturated heterocycles. The maximum atomic E-state index is 5.36. The van der Waals surface area contributed by atoms with E-state index in [-0.39, 0.29) is 0 Å². The lowest BCUT2D eigenvalue weighted by Crippen LogP contribution is -2.08. The van der Waals surface area contributed by atoms with E-state index in [1.807, 2.05) is 13.8 Å². The van der Waals surface area contributed by atoms with Gasteiger partial charge in [0.05, 0.1) is 0 Å². The molecular formula is C5H10N4S. The standard InChI is InChI=1S/C5H10N4S/c1-3(2)7-5-9-8-4(6)10-5/h3H,1-2H3,(H2,6,8)(H,7,9). The minimum atomic E-state index is 0.382. The van der Waals surface area contributed by atoms with Gasteiger partial charge in [-0.1, -0.05) is 11.3 Å². The molecule has 0 atom stereocenters. The van der Waals surface area contributed by atoms with E-state index in [4.69, 9.17) is 5.73 Å². The van der Waals surface area contributed by atoms with E-state index in [0.717, 1.165) is 5.13 Å². The molecule has 0 radical (unpaired) electrons. The molecule has 0 aliphatic heterocycles. The smallest absolute Gasteiger partial charge is 0.207 e. The van der Waals surface area contributed by atoms with Gasteiger partial charge in [0.15, 0.2) is 0 Å². The van der Waals surface area contributed by atoms with E-state index >= 15 is 0 Å². The first-order valence-electron chi connectivity index (χ1n) is 3.04. The zero-order valence-electron chi connectivity index (χ0n) is 5.96. The van der Waals surface area contributed by atoms with Crippen molar-refractivity contribution in [1.82, 2.24) is 10.2 Å². The number of anilines is 2. The highest BCUT2D eigenvalue weighted by molar-refractivity contribution is 7.18. The van der Waals surface area contributed by atoms with E-state index in [9.17, 15) is 0 Å². The van der Waals surface area contributed by atoms with Gasteiger partial charge in [-0.3, -0.25) is 0 Å². The van der Waals surface area contributed by atoms with Crippen LogP contribution >= 0.6 is 11.3 Å². The molecule has 56 valence electrons. The summed E-state index contributed by atoms with van der Waals surface area (Å²) in [6.45, 7) is 4.08. The van der Waals surface area contributed by atoms with Gasteiger partial charge >= 0.3 is 0 Å². The topological polar surface area (TPSA) is 63.8 Å². The Kier molecular flexibility index (Phi) is 2.06. The third-order valence-corrected chi connectivity index (χ3v) is 1.54. The lowest BCUT2D eigenvalue weighted by Gasteiger charge is -2.02. The number of aromatic nitrogens is 2. The number of rotatable bonds is 2. The summed E-state index contributed by atoms with van der Waals surface area (Å²) in [5.41, 5.74) is 5.36. The monoisotopic (exact) mass is 158 g/mol. The first kappa shape index (κ1) is 7.27. The Balaban J connectivity index is 2.58. The predicted molar refractivity (Wildman–Crippen MR) is 43.1 cm³/mol. The van der Waals surface area contributed by atoms with Gasteiger partial charge < -0.3 is 11.1 Å². The van der Waals surface area contributed by atoms with Crippen LogP contribution in [0.5, 0.6) is 0 Å². The molecule has 0 saturated carbocycles. The molecular weight excluding hydrogens is 148 g/mol. The minimum Gasteiger partial charge on any atom is -0.374 e. The molecule has 4 nitrogen and oxygen atoms in total. The van der Waals surface area contributed by atoms with Crippen LogP contribution in [-0.4, -0.2) is 16.2 Å². The molecule has 10 heavy (non-hydrogen) atoms. The summed E-state index contributed by atoms with van der Waals surface area (Å²) in [7, 11) is 0. The molecule has 1 aromatic heterocycles. The lowest BCUT2D eigenvalue weighted by atomic mass is 10.4. The van der Waals surface area contributed by atoms with Crippen molar-refractivity contribution in [3.05, 3.63) is 0 Å². The van der Waals surface area contributed by atoms with Crippen molar-refractivity contribution in [3.63, 3.8) is 0 Å². The summed E-state index contributed by atoms with van der Waals surface area (Å²) < 4.78 is 0. The molecule has 0 spiro atoms. The van der Waals surface area contributed by atoms with Crippen molar-refractivity contribution in [3.8, 4) is 0 Å². The molecule has 0 aromatic carbocycles. The van der Waals surface area contributed by atoms with Gasteiger partial charge in [0.25, 0.3) is 0 Å². The van der Waals surface area contributed by atoms with E-state index in [1.165, 1.54) is 11.3 Å². The van der Waals surface area contributed by atoms with Crippen LogP contribution in [0, 0.1) is 0 Å². The second-order valence-corrected chi connectivity index (χ2v) is 3.25. The Bertz CT molecular complexity index is 207. The van der Waals surface area contributed by atoms with Crippen LogP contribution in [0.15, 0.2) is 0 Å². The molecule has 0 unspecified atom stereocenters. The normalized spacial score (nSPS) is 10.3. The van der Waals surface area contributed by atoms with Gasteiger partial charge in [0, 0.05) is 6.04 Å². The first-order valence-corrected chi connectivity index (χ1v) is 3.85. The van der Waals surface area contributed by atoms with Crippen molar-refractivity contribution in [2.45, 2.75) is 19.9 Å². The zero-order valence-corrected chi connectivity index (χ0v) is 6.77. The number of nitrogens with zero attached hydrogens (tertiary/aromatic N) is 2. The number of nitrogens with two attached hydrogens (primary N) is 1. The van der Waals surface area contributed by atoms with Gasteiger partial charge in [-0.25, -0.2) is 0 Å². The SMILES string of the molecule is CC(C)Nc1nnc(N)s1. The highest BCUT2D eigenvalue weighted by Crippen LogP contribution is 2.16. The van der Waals surface area contributed by atoms with Crippen LogP contribution < -0.4 is 11.1 Å². The van der Waals surface area contributed by atoms with Crippen molar-refractivity contribution in [2.75, 3.05) is 11.1 Å². The third-order valence-electron chi connectivity index (χ3n) is 0.853. The summed E-state index contributed by atoms with van der Waals surface area (Å²) in [6, 6.07) is 0.382. The third kappa shape index (κ3) is 1.84. The van der Waals surface area contributed by atoms with Gasteiger partial charge in [0.2, 0.25) is 10.3 Å². The molecule has 3 N–H and O–H groups in total. The molecule has 1 aromatic rings. The minimum absolute atomic E-state index is 0.382. The average Bonchev–Trinajstić information content (AvgIpc) is 2.13. The Morgan fingerprint density at radius 2 is 2.20 bits per heavy atom. The Morgan fingerprint density at radius 3 is 2.60 bits per heavy atom. The largest absolute Gasteiger partial charge is 0.374 e. The predicted octanol–water partition coefficient (Wildman–Crippen LogP) is 0.941. The van der Waals surface area contributed by atoms with Crippen LogP contribution in [0.4, 0.5) is 10.3 Å². The molecule has 5 heteroatoms. The maximum Gasteiger partial charge on any atom is 0.207 e. The quantitative estimate of drug-likeness (QED) is 0.672. The molecule has 1 rings (SSSR count). The Morgan fingerprint density at radius 1 is 1.50 bits per heavy atom. The van der Waals surface area contributed by atoms with E-state index < -0.39 is 0 Å². The maximum absolute atomic E-state index is 5.36. The van der Waals surface area contributed by atoms with Crippen LogP contribution in [-0.2, 0) is 0 Å². The summed E-state index contributed by atoms with van der Waals surface area (Å²) >= 11 is 1.36. The summed E-state index contributed by atoms with van der Waals surface area (Å²) in [6.07, 6.45) is 0. The van der Waals surface area contributed by atoms with Crippen molar-refractivity contribution < 1.29 is 0 Å². The highest BCUT2D eigenvalue weighted by Gasteiger charge is 1.99. The van der Waals surface area contributed by atoms with E-state index in [0.29, 0.717) is 11.2 Å². The average molecular weight is 158 g/mol. The number of hydrogen-bond acceptors (Lipinski definition) is 5. The first-order chi connectivity index (χ1) is 4.68. The molecule has 0 fully saturated rings. The highest BCUT2D eigenvalue weighted by atomic mass is 32.1. The van der Waals surface area contributed by atoms with Crippen LogP contribution in [0.3, 0.4) is 0 Å². The molecule has 0 bridgehead atoms. The molecule has 0 aliphatic carbocycles. The summed E-state index contributed by atoms with van der Waals surface area (Å²) in [5.74, 6) is 0. The zero-order chi connectivity index (χ0) is 7.56. The fourth-order valence-corrected chi connectivity index (χ4v) is 1.20. The Labute approximate surface area is 63.5 Å². The number of hydrogen-bond donors (Lipinski definition) is 2. The second-order valence-electron chi connectivity index (χ2n) is 2.24. The van der Waals surface area contributed by atoms with Crippen molar-refractivity contribution >= 4 is 21.6 Å². The van der Waals surface area contributed by atoms with Crippen molar-refractivity contribution in [1.29, 1.82) is 0 Å². The Hall–Kier alpha value is -0.840. The number of nitrogen functional groups attached to an aromatic ring is 1. The van der Waals surface area contributed by atoms with Gasteiger partial charge in [-0.05, 0) is 13.8 Å². The lowest BCUT2D eigenvalue weighted by molar-refractivity contribution is 0.888. The van der Waals surface area contributed by atoms with Crippen molar-refractivity contribution in [2.24, 2.45) is 0 Å². The van der Waals surface area contributed by atoms with Gasteiger partial charge in [-0.2, -0.15) is 0 Å². The van der Waals surface area contributed by atoms with E-state index in [1.54, 1.807) is 0 Å². The van der Waals surface area contributed by atoms with Gasteiger partial charge in [0.1, 0.15) is 0 Å². The summed E-state index contributed by atoms with van der Waals surface area (Å²) in [4.78, 5) is 0. The van der Waals surface area contributed by atoms with E-state index in [2.05, 4.69) is 15.5 Å².